The van der Waals surface area contributed by atoms with Crippen molar-refractivity contribution < 1.29 is 24.5 Å². The largest absolute Gasteiger partial charge is 0.478 e. The Balaban J connectivity index is 0.000000280. The highest BCUT2D eigenvalue weighted by Crippen LogP contribution is 2.31. The number of halogens is 4. The fourth-order valence-electron chi connectivity index (χ4n) is 1.83. The van der Waals surface area contributed by atoms with E-state index in [9.17, 15) is 29.8 Å². The van der Waals surface area contributed by atoms with Gasteiger partial charge in [-0.15, -0.1) is 0 Å². The number of ketones is 1. The number of carbonyl (C=O) groups is 2. The summed E-state index contributed by atoms with van der Waals surface area (Å²) in [7, 11) is 0. The van der Waals surface area contributed by atoms with Crippen LogP contribution in [0.25, 0.3) is 0 Å². The predicted octanol–water partition coefficient (Wildman–Crippen LogP) is 5.61. The monoisotopic (exact) mass is 652 g/mol. The van der Waals surface area contributed by atoms with Gasteiger partial charge in [-0.1, -0.05) is 23.2 Å². The molecule has 13 heteroatoms. The van der Waals surface area contributed by atoms with Crippen molar-refractivity contribution in [3.63, 3.8) is 0 Å². The Morgan fingerprint density at radius 3 is 1.57 bits per heavy atom. The van der Waals surface area contributed by atoms with Crippen molar-refractivity contribution >= 4 is 91.5 Å². The molecule has 0 aliphatic rings. The zero-order valence-electron chi connectivity index (χ0n) is 13.6. The summed E-state index contributed by atoms with van der Waals surface area (Å²) >= 11 is 14.9. The average Bonchev–Trinajstić information content (AvgIpc) is 2.58. The van der Waals surface area contributed by atoms with Crippen LogP contribution in [0.3, 0.4) is 0 Å². The summed E-state index contributed by atoms with van der Waals surface area (Å²) in [6, 6.07) is 5.35. The highest BCUT2D eigenvalue weighted by molar-refractivity contribution is 14.1. The predicted molar refractivity (Wildman–Crippen MR) is 119 cm³/mol. The zero-order valence-corrected chi connectivity index (χ0v) is 19.4. The van der Waals surface area contributed by atoms with Crippen LogP contribution in [0.5, 0.6) is 0 Å². The molecule has 9 nitrogen and oxygen atoms in total. The van der Waals surface area contributed by atoms with Crippen LogP contribution in [-0.2, 0) is 0 Å². The Hall–Kier alpha value is -1.58. The SMILES string of the molecule is CC(=O)c1cc(I)cc([N+](=O)[O-])c1Cl.O=C(O)c1cc(I)cc([N+](=O)[O-])c1Cl. The highest BCUT2D eigenvalue weighted by atomic mass is 127. The van der Waals surface area contributed by atoms with E-state index >= 15 is 0 Å². The van der Waals surface area contributed by atoms with Crippen LogP contribution in [0.4, 0.5) is 11.4 Å². The molecule has 0 amide bonds. The lowest BCUT2D eigenvalue weighted by Crippen LogP contribution is -2.01. The summed E-state index contributed by atoms with van der Waals surface area (Å²) < 4.78 is 1.07. The number of rotatable bonds is 4. The van der Waals surface area contributed by atoms with Gasteiger partial charge in [0.1, 0.15) is 10.0 Å². The van der Waals surface area contributed by atoms with Crippen molar-refractivity contribution in [3.8, 4) is 0 Å². The normalized spacial score (nSPS) is 9.89. The number of carboxylic acids is 1. The van der Waals surface area contributed by atoms with Crippen molar-refractivity contribution in [1.82, 2.24) is 0 Å². The second-order valence-electron chi connectivity index (χ2n) is 4.95. The van der Waals surface area contributed by atoms with E-state index in [0.717, 1.165) is 0 Å². The Morgan fingerprint density at radius 1 is 0.893 bits per heavy atom. The Morgan fingerprint density at radius 2 is 1.25 bits per heavy atom. The van der Waals surface area contributed by atoms with Crippen LogP contribution in [-0.4, -0.2) is 26.7 Å². The number of aromatic carboxylic acids is 1. The van der Waals surface area contributed by atoms with Crippen molar-refractivity contribution in [2.45, 2.75) is 6.92 Å². The number of nitrogens with zero attached hydrogens (tertiary/aromatic N) is 2. The van der Waals surface area contributed by atoms with Crippen LogP contribution < -0.4 is 0 Å². The van der Waals surface area contributed by atoms with Crippen LogP contribution in [0.15, 0.2) is 24.3 Å². The van der Waals surface area contributed by atoms with Crippen LogP contribution in [0.1, 0.15) is 27.6 Å². The van der Waals surface area contributed by atoms with Gasteiger partial charge >= 0.3 is 5.97 Å². The molecule has 0 aliphatic carbocycles. The van der Waals surface area contributed by atoms with E-state index in [1.807, 2.05) is 22.6 Å². The molecule has 0 saturated carbocycles. The van der Waals surface area contributed by atoms with Crippen LogP contribution in [0.2, 0.25) is 10.0 Å². The topological polar surface area (TPSA) is 141 Å². The number of nitro groups is 2. The first-order chi connectivity index (χ1) is 12.9. The van der Waals surface area contributed by atoms with Crippen molar-refractivity contribution in [1.29, 1.82) is 0 Å². The smallest absolute Gasteiger partial charge is 0.337 e. The number of hydrogen-bond acceptors (Lipinski definition) is 6. The maximum absolute atomic E-state index is 11.1. The van der Waals surface area contributed by atoms with Crippen molar-refractivity contribution in [2.24, 2.45) is 0 Å². The summed E-state index contributed by atoms with van der Waals surface area (Å²) in [5.41, 5.74) is -0.699. The molecule has 0 aliphatic heterocycles. The Kier molecular flexibility index (Phi) is 8.97. The standard InChI is InChI=1S/C8H5ClINO3.C7H3ClINO4/c1-4(12)6-2-5(10)3-7(8(6)9)11(13)14;8-6-4(7(11)12)1-3(9)2-5(6)10(13)14/h2-3H,1H3;1-2H,(H,11,12). The van der Waals surface area contributed by atoms with E-state index in [2.05, 4.69) is 0 Å². The van der Waals surface area contributed by atoms with Gasteiger partial charge in [0.15, 0.2) is 5.78 Å². The van der Waals surface area contributed by atoms with Gasteiger partial charge in [-0.25, -0.2) is 4.79 Å². The molecule has 0 bridgehead atoms. The van der Waals surface area contributed by atoms with Crippen molar-refractivity contribution in [2.75, 3.05) is 0 Å². The number of carboxylic acid groups (broad SMARTS) is 1. The van der Waals surface area contributed by atoms with Gasteiger partial charge in [0.05, 0.1) is 15.4 Å². The molecule has 0 aromatic heterocycles. The van der Waals surface area contributed by atoms with E-state index in [0.29, 0.717) is 7.14 Å². The number of nitro benzene ring substituents is 2. The minimum absolute atomic E-state index is 0.0945. The van der Waals surface area contributed by atoms with E-state index < -0.39 is 21.5 Å². The van der Waals surface area contributed by atoms with E-state index in [1.54, 1.807) is 22.6 Å². The molecule has 1 N–H and O–H groups in total. The van der Waals surface area contributed by atoms with Gasteiger partial charge < -0.3 is 5.11 Å². The molecule has 2 aromatic rings. The van der Waals surface area contributed by atoms with Crippen LogP contribution >= 0.6 is 68.4 Å². The van der Waals surface area contributed by atoms with Crippen molar-refractivity contribution in [3.05, 3.63) is 72.8 Å². The molecule has 0 atom stereocenters. The minimum Gasteiger partial charge on any atom is -0.478 e. The summed E-state index contributed by atoms with van der Waals surface area (Å²) in [4.78, 5) is 41.4. The summed E-state index contributed by atoms with van der Waals surface area (Å²) in [6.07, 6.45) is 0. The molecule has 0 unspecified atom stereocenters. The molecule has 0 heterocycles. The van der Waals surface area contributed by atoms with E-state index in [1.165, 1.54) is 31.2 Å². The lowest BCUT2D eigenvalue weighted by Gasteiger charge is -2.01. The first kappa shape index (κ1) is 24.5. The average molecular weight is 653 g/mol. The van der Waals surface area contributed by atoms with Gasteiger partial charge in [-0.2, -0.15) is 0 Å². The summed E-state index contributed by atoms with van der Waals surface area (Å²) in [5, 5.41) is 29.3. The number of carbonyl (C=O) groups excluding carboxylic acids is 1. The fourth-order valence-corrected chi connectivity index (χ4v) is 3.61. The first-order valence-electron chi connectivity index (χ1n) is 6.87. The molecule has 0 saturated heterocycles. The molecular formula is C15H8Cl2I2N2O7. The second kappa shape index (κ2) is 10.3. The number of benzene rings is 2. The van der Waals surface area contributed by atoms with E-state index in [-0.39, 0.29) is 32.6 Å². The van der Waals surface area contributed by atoms with Gasteiger partial charge in [0.25, 0.3) is 11.4 Å². The lowest BCUT2D eigenvalue weighted by molar-refractivity contribution is -0.384. The molecule has 0 fully saturated rings. The third-order valence-electron chi connectivity index (χ3n) is 3.04. The lowest BCUT2D eigenvalue weighted by atomic mass is 10.1. The van der Waals surface area contributed by atoms with Gasteiger partial charge in [0.2, 0.25) is 0 Å². The second-order valence-corrected chi connectivity index (χ2v) is 8.20. The Bertz CT molecular complexity index is 849. The molecule has 0 radical (unpaired) electrons. The molecule has 0 spiro atoms. The third kappa shape index (κ3) is 6.22. The zero-order chi connectivity index (χ0) is 21.8. The van der Waals surface area contributed by atoms with Gasteiger partial charge in [0, 0.05) is 24.8 Å². The molecular weight excluding hydrogens is 645 g/mol. The minimum atomic E-state index is -1.28. The number of Topliss-reactive ketones (excluding diaryl/α,β-unsaturated/α-hetero) is 1. The summed E-state index contributed by atoms with van der Waals surface area (Å²) in [6.45, 7) is 1.32. The molecule has 2 rings (SSSR count). The van der Waals surface area contributed by atoms with Crippen LogP contribution in [0, 0.1) is 27.4 Å². The molecule has 2 aromatic carbocycles. The number of hydrogen-bond donors (Lipinski definition) is 1. The maximum atomic E-state index is 11.1. The first-order valence-corrected chi connectivity index (χ1v) is 9.79. The maximum Gasteiger partial charge on any atom is 0.337 e. The quantitative estimate of drug-likeness (QED) is 0.196. The van der Waals surface area contributed by atoms with Gasteiger partial charge in [-0.3, -0.25) is 25.0 Å². The highest BCUT2D eigenvalue weighted by Gasteiger charge is 2.21. The van der Waals surface area contributed by atoms with Gasteiger partial charge in [-0.05, 0) is 64.2 Å². The van der Waals surface area contributed by atoms with E-state index in [4.69, 9.17) is 28.3 Å². The molecule has 148 valence electrons. The molecule has 28 heavy (non-hydrogen) atoms. The summed E-state index contributed by atoms with van der Waals surface area (Å²) in [5.74, 6) is -1.56. The Labute approximate surface area is 194 Å². The third-order valence-corrected chi connectivity index (χ3v) is 5.08. The fraction of sp³-hybridized carbons (Fsp3) is 0.0667.